The number of thiazole rings is 1. The quantitative estimate of drug-likeness (QED) is 0.748. The Bertz CT molecular complexity index is 762. The van der Waals surface area contributed by atoms with Gasteiger partial charge in [-0.15, -0.1) is 11.3 Å². The maximum Gasteiger partial charge on any atom is 0.233 e. The molecular weight excluding hydrogens is 361 g/mol. The largest absolute Gasteiger partial charge is 0.369 e. The Morgan fingerprint density at radius 3 is 2.60 bits per heavy atom. The highest BCUT2D eigenvalue weighted by atomic mass is 32.2. The lowest BCUT2D eigenvalue weighted by Crippen LogP contribution is -2.31. The maximum atomic E-state index is 13.0. The summed E-state index contributed by atoms with van der Waals surface area (Å²) in [5.41, 5.74) is 6.85. The van der Waals surface area contributed by atoms with E-state index < -0.39 is 5.91 Å². The van der Waals surface area contributed by atoms with Gasteiger partial charge in [0.2, 0.25) is 11.8 Å². The second-order valence-electron chi connectivity index (χ2n) is 5.65. The predicted octanol–water partition coefficient (Wildman–Crippen LogP) is 2.93. The minimum Gasteiger partial charge on any atom is -0.369 e. The molecule has 25 heavy (non-hydrogen) atoms. The molecule has 1 unspecified atom stereocenters. The molecule has 1 aromatic heterocycles. The summed E-state index contributed by atoms with van der Waals surface area (Å²) in [7, 11) is 1.72. The van der Waals surface area contributed by atoms with E-state index in [0.717, 1.165) is 20.5 Å². The fourth-order valence-electron chi connectivity index (χ4n) is 2.19. The number of carbonyl (C=O) groups excluding carboxylic acids is 2. The van der Waals surface area contributed by atoms with Crippen molar-refractivity contribution in [1.82, 2.24) is 9.88 Å². The first kappa shape index (κ1) is 19.4. The minimum atomic E-state index is -0.396. The van der Waals surface area contributed by atoms with Crippen molar-refractivity contribution in [3.8, 4) is 0 Å². The minimum absolute atomic E-state index is 0.0499. The number of nitrogens with two attached hydrogens (primary N) is 1. The van der Waals surface area contributed by atoms with Gasteiger partial charge in [0.25, 0.3) is 0 Å². The number of halogens is 1. The van der Waals surface area contributed by atoms with Crippen LogP contribution < -0.4 is 5.73 Å². The van der Waals surface area contributed by atoms with E-state index in [-0.39, 0.29) is 29.9 Å². The van der Waals surface area contributed by atoms with Crippen LogP contribution in [0.5, 0.6) is 0 Å². The van der Waals surface area contributed by atoms with E-state index in [4.69, 9.17) is 5.73 Å². The highest BCUT2D eigenvalue weighted by Crippen LogP contribution is 2.28. The second kappa shape index (κ2) is 8.44. The van der Waals surface area contributed by atoms with Gasteiger partial charge in [-0.2, -0.15) is 0 Å². The molecule has 0 aliphatic rings. The first-order valence-corrected chi connectivity index (χ1v) is 9.46. The molecule has 0 aliphatic heterocycles. The Kier molecular flexibility index (Phi) is 6.55. The Morgan fingerprint density at radius 2 is 2.00 bits per heavy atom. The highest BCUT2D eigenvalue weighted by molar-refractivity contribution is 8.01. The molecule has 0 fully saturated rings. The third-order valence-electron chi connectivity index (χ3n) is 3.85. The molecule has 0 saturated carbocycles. The summed E-state index contributed by atoms with van der Waals surface area (Å²) in [5.74, 6) is -0.505. The monoisotopic (exact) mass is 381 g/mol. The maximum absolute atomic E-state index is 13.0. The van der Waals surface area contributed by atoms with Crippen LogP contribution in [-0.2, 0) is 16.0 Å². The van der Waals surface area contributed by atoms with Crippen LogP contribution in [0.3, 0.4) is 0 Å². The molecular formula is C17H20FN3O2S2. The Balaban J connectivity index is 1.95. The van der Waals surface area contributed by atoms with Gasteiger partial charge in [0.05, 0.1) is 23.9 Å². The van der Waals surface area contributed by atoms with Crippen molar-refractivity contribution in [1.29, 1.82) is 0 Å². The van der Waals surface area contributed by atoms with Gasteiger partial charge in [0.1, 0.15) is 5.82 Å². The van der Waals surface area contributed by atoms with Gasteiger partial charge in [-0.25, -0.2) is 9.37 Å². The molecule has 1 atom stereocenters. The summed E-state index contributed by atoms with van der Waals surface area (Å²) in [6.07, 6.45) is 0.166. The Morgan fingerprint density at radius 1 is 1.36 bits per heavy atom. The molecule has 5 nitrogen and oxygen atoms in total. The van der Waals surface area contributed by atoms with Crippen molar-refractivity contribution >= 4 is 34.9 Å². The van der Waals surface area contributed by atoms with Gasteiger partial charge >= 0.3 is 0 Å². The number of aryl methyl sites for hydroxylation is 1. The molecule has 1 heterocycles. The molecule has 0 radical (unpaired) electrons. The number of hydrogen-bond donors (Lipinski definition) is 1. The molecule has 2 N–H and O–H groups in total. The summed E-state index contributed by atoms with van der Waals surface area (Å²) in [6.45, 7) is 3.72. The zero-order chi connectivity index (χ0) is 18.6. The van der Waals surface area contributed by atoms with E-state index >= 15 is 0 Å². The van der Waals surface area contributed by atoms with Crippen LogP contribution in [-0.4, -0.2) is 34.5 Å². The van der Waals surface area contributed by atoms with Gasteiger partial charge < -0.3 is 10.6 Å². The van der Waals surface area contributed by atoms with Crippen molar-refractivity contribution in [3.05, 3.63) is 46.2 Å². The van der Waals surface area contributed by atoms with Crippen LogP contribution in [0.15, 0.2) is 28.6 Å². The summed E-state index contributed by atoms with van der Waals surface area (Å²) in [6, 6.07) is 5.97. The van der Waals surface area contributed by atoms with Gasteiger partial charge in [-0.3, -0.25) is 9.59 Å². The number of nitrogens with zero attached hydrogens (tertiary/aromatic N) is 2. The average molecular weight is 381 g/mol. The van der Waals surface area contributed by atoms with Gasteiger partial charge in [-0.05, 0) is 31.5 Å². The van der Waals surface area contributed by atoms with E-state index in [2.05, 4.69) is 4.98 Å². The molecule has 0 aliphatic carbocycles. The zero-order valence-electron chi connectivity index (χ0n) is 14.3. The molecule has 8 heteroatoms. The molecule has 0 spiro atoms. The van der Waals surface area contributed by atoms with E-state index in [9.17, 15) is 14.0 Å². The van der Waals surface area contributed by atoms with E-state index in [1.165, 1.54) is 35.2 Å². The normalized spacial score (nSPS) is 12.0. The number of primary amides is 1. The molecule has 2 amide bonds. The third kappa shape index (κ3) is 5.27. The first-order chi connectivity index (χ1) is 11.8. The highest BCUT2D eigenvalue weighted by Gasteiger charge is 2.19. The van der Waals surface area contributed by atoms with E-state index in [0.29, 0.717) is 0 Å². The van der Waals surface area contributed by atoms with Crippen molar-refractivity contribution in [3.63, 3.8) is 0 Å². The second-order valence-corrected chi connectivity index (χ2v) is 7.96. The third-order valence-corrected chi connectivity index (χ3v) is 6.14. The predicted molar refractivity (Wildman–Crippen MR) is 98.1 cm³/mol. The van der Waals surface area contributed by atoms with Crippen LogP contribution in [0.25, 0.3) is 0 Å². The molecule has 2 rings (SSSR count). The fourth-order valence-corrected chi connectivity index (χ4v) is 4.36. The smallest absolute Gasteiger partial charge is 0.233 e. The number of hydrogen-bond acceptors (Lipinski definition) is 5. The van der Waals surface area contributed by atoms with Gasteiger partial charge in [0.15, 0.2) is 4.34 Å². The molecule has 0 bridgehead atoms. The number of rotatable bonds is 7. The average Bonchev–Trinajstić information content (AvgIpc) is 2.91. The van der Waals surface area contributed by atoms with Crippen LogP contribution >= 0.6 is 23.1 Å². The summed E-state index contributed by atoms with van der Waals surface area (Å²) >= 11 is 2.72. The van der Waals surface area contributed by atoms with Crippen LogP contribution in [0.1, 0.15) is 29.1 Å². The lowest BCUT2D eigenvalue weighted by molar-refractivity contribution is -0.129. The lowest BCUT2D eigenvalue weighted by Gasteiger charge is -2.25. The van der Waals surface area contributed by atoms with Crippen molar-refractivity contribution in [2.75, 3.05) is 12.8 Å². The fraction of sp³-hybridized carbons (Fsp3) is 0.353. The van der Waals surface area contributed by atoms with E-state index in [1.54, 1.807) is 24.1 Å². The number of benzene rings is 1. The van der Waals surface area contributed by atoms with Crippen molar-refractivity contribution in [2.45, 2.75) is 30.6 Å². The van der Waals surface area contributed by atoms with Gasteiger partial charge in [-0.1, -0.05) is 23.9 Å². The van der Waals surface area contributed by atoms with Gasteiger partial charge in [0, 0.05) is 11.9 Å². The Labute approximate surface area is 154 Å². The number of thioether (sulfide) groups is 1. The zero-order valence-corrected chi connectivity index (χ0v) is 15.9. The summed E-state index contributed by atoms with van der Waals surface area (Å²) in [5, 5.41) is 0. The Hall–Kier alpha value is -1.93. The molecule has 1 aromatic carbocycles. The lowest BCUT2D eigenvalue weighted by atomic mass is 10.1. The molecule has 2 aromatic rings. The number of amides is 2. The van der Waals surface area contributed by atoms with Crippen LogP contribution in [0, 0.1) is 12.7 Å². The molecule has 134 valence electrons. The van der Waals surface area contributed by atoms with Crippen LogP contribution in [0.2, 0.25) is 0 Å². The van der Waals surface area contributed by atoms with Crippen molar-refractivity contribution < 1.29 is 14.0 Å². The first-order valence-electron chi connectivity index (χ1n) is 7.66. The SMILES string of the molecule is Cc1nc(SCC(=O)N(C)C(C)c2ccc(F)cc2)sc1CC(N)=O. The number of aromatic nitrogens is 1. The standard InChI is InChI=1S/C17H20FN3O2S2/c1-10-14(8-15(19)22)25-17(20-10)24-9-16(23)21(3)11(2)12-4-6-13(18)7-5-12/h4-7,11H,8-9H2,1-3H3,(H2,19,22). The number of carbonyl (C=O) groups is 2. The topological polar surface area (TPSA) is 76.3 Å². The molecule has 0 saturated heterocycles. The van der Waals surface area contributed by atoms with Crippen molar-refractivity contribution in [2.24, 2.45) is 5.73 Å². The van der Waals surface area contributed by atoms with E-state index in [1.807, 2.05) is 13.8 Å². The summed E-state index contributed by atoms with van der Waals surface area (Å²) < 4.78 is 13.8. The summed E-state index contributed by atoms with van der Waals surface area (Å²) in [4.78, 5) is 30.3. The van der Waals surface area contributed by atoms with Crippen LogP contribution in [0.4, 0.5) is 4.39 Å².